The number of hydrogen-bond acceptors (Lipinski definition) is 4. The first kappa shape index (κ1) is 12.0. The normalized spacial score (nSPS) is 21.1. The van der Waals surface area contributed by atoms with Gasteiger partial charge in [0.25, 0.3) is 5.24 Å². The standard InChI is InChI=1S/C12H13NO3S/c1-8(10-11(14)13-12(15)17-10)7-16-9-5-3-2-4-6-9/h2-6,8,10H,7H2,1H3,(H,13,14,15)/t8-,10+/m1/s1. The molecule has 17 heavy (non-hydrogen) atoms. The lowest BCUT2D eigenvalue weighted by Gasteiger charge is -2.15. The van der Waals surface area contributed by atoms with Crippen LogP contribution in [-0.2, 0) is 4.79 Å². The number of thioether (sulfide) groups is 1. The molecule has 2 atom stereocenters. The van der Waals surface area contributed by atoms with Gasteiger partial charge < -0.3 is 4.74 Å². The Balaban J connectivity index is 1.87. The molecule has 0 aliphatic carbocycles. The summed E-state index contributed by atoms with van der Waals surface area (Å²) >= 11 is 1.04. The first-order chi connectivity index (χ1) is 8.16. The van der Waals surface area contributed by atoms with Crippen LogP contribution in [0.2, 0.25) is 0 Å². The molecule has 5 heteroatoms. The number of carbonyl (C=O) groups excluding carboxylic acids is 2. The Bertz CT molecular complexity index is 421. The van der Waals surface area contributed by atoms with E-state index in [0.29, 0.717) is 6.61 Å². The highest BCUT2D eigenvalue weighted by molar-refractivity contribution is 8.15. The maximum atomic E-state index is 11.4. The molecule has 1 aromatic rings. The van der Waals surface area contributed by atoms with Crippen LogP contribution in [0.1, 0.15) is 6.92 Å². The van der Waals surface area contributed by atoms with Gasteiger partial charge in [-0.05, 0) is 12.1 Å². The van der Waals surface area contributed by atoms with Crippen LogP contribution in [0.5, 0.6) is 5.75 Å². The van der Waals surface area contributed by atoms with Crippen LogP contribution in [0.3, 0.4) is 0 Å². The number of amides is 2. The molecular weight excluding hydrogens is 238 g/mol. The van der Waals surface area contributed by atoms with E-state index >= 15 is 0 Å². The van der Waals surface area contributed by atoms with Gasteiger partial charge in [-0.3, -0.25) is 14.9 Å². The van der Waals surface area contributed by atoms with Gasteiger partial charge in [-0.25, -0.2) is 0 Å². The van der Waals surface area contributed by atoms with Crippen molar-refractivity contribution in [1.82, 2.24) is 5.32 Å². The third kappa shape index (κ3) is 3.00. The molecule has 0 radical (unpaired) electrons. The second-order valence-electron chi connectivity index (χ2n) is 3.92. The Morgan fingerprint density at radius 2 is 2.06 bits per heavy atom. The molecule has 0 aromatic heterocycles. The molecular formula is C12H13NO3S. The lowest BCUT2D eigenvalue weighted by atomic mass is 10.1. The number of para-hydroxylation sites is 1. The van der Waals surface area contributed by atoms with Crippen molar-refractivity contribution in [1.29, 1.82) is 0 Å². The Morgan fingerprint density at radius 1 is 1.35 bits per heavy atom. The fourth-order valence-electron chi connectivity index (χ4n) is 1.58. The van der Waals surface area contributed by atoms with E-state index in [-0.39, 0.29) is 22.3 Å². The van der Waals surface area contributed by atoms with Gasteiger partial charge in [0, 0.05) is 5.92 Å². The summed E-state index contributed by atoms with van der Waals surface area (Å²) in [7, 11) is 0. The van der Waals surface area contributed by atoms with Gasteiger partial charge in [-0.1, -0.05) is 36.9 Å². The van der Waals surface area contributed by atoms with E-state index in [2.05, 4.69) is 5.32 Å². The number of hydrogen-bond donors (Lipinski definition) is 1. The molecule has 2 amide bonds. The van der Waals surface area contributed by atoms with Crippen LogP contribution in [-0.4, -0.2) is 23.0 Å². The van der Waals surface area contributed by atoms with E-state index < -0.39 is 0 Å². The zero-order valence-corrected chi connectivity index (χ0v) is 10.2. The van der Waals surface area contributed by atoms with E-state index in [9.17, 15) is 9.59 Å². The van der Waals surface area contributed by atoms with Crippen molar-refractivity contribution in [3.63, 3.8) is 0 Å². The first-order valence-electron chi connectivity index (χ1n) is 5.36. The van der Waals surface area contributed by atoms with Crippen molar-refractivity contribution in [2.75, 3.05) is 6.61 Å². The predicted molar refractivity (Wildman–Crippen MR) is 66.0 cm³/mol. The van der Waals surface area contributed by atoms with Gasteiger partial charge in [-0.2, -0.15) is 0 Å². The molecule has 0 spiro atoms. The van der Waals surface area contributed by atoms with Crippen LogP contribution in [0, 0.1) is 5.92 Å². The third-order valence-electron chi connectivity index (χ3n) is 2.49. The van der Waals surface area contributed by atoms with Crippen LogP contribution in [0.4, 0.5) is 4.79 Å². The number of carbonyl (C=O) groups is 2. The Labute approximate surface area is 104 Å². The summed E-state index contributed by atoms with van der Waals surface area (Å²) in [6.07, 6.45) is 0. The fraction of sp³-hybridized carbons (Fsp3) is 0.333. The quantitative estimate of drug-likeness (QED) is 0.889. The molecule has 1 aromatic carbocycles. The van der Waals surface area contributed by atoms with Crippen molar-refractivity contribution < 1.29 is 14.3 Å². The molecule has 1 fully saturated rings. The molecule has 0 saturated carbocycles. The van der Waals surface area contributed by atoms with Gasteiger partial charge in [0.05, 0.1) is 11.9 Å². The van der Waals surface area contributed by atoms with Crippen molar-refractivity contribution in [3.8, 4) is 5.75 Å². The van der Waals surface area contributed by atoms with E-state index in [1.807, 2.05) is 37.3 Å². The zero-order valence-electron chi connectivity index (χ0n) is 9.38. The SMILES string of the molecule is C[C@H](COc1ccccc1)[C@@H]1SC(=O)NC1=O. The van der Waals surface area contributed by atoms with E-state index in [1.165, 1.54) is 0 Å². The highest BCUT2D eigenvalue weighted by atomic mass is 32.2. The van der Waals surface area contributed by atoms with Gasteiger partial charge in [0.15, 0.2) is 0 Å². The maximum absolute atomic E-state index is 11.4. The van der Waals surface area contributed by atoms with Gasteiger partial charge in [0.2, 0.25) is 5.91 Å². The minimum atomic E-state index is -0.341. The van der Waals surface area contributed by atoms with E-state index in [1.54, 1.807) is 0 Å². The molecule has 1 aliphatic heterocycles. The minimum Gasteiger partial charge on any atom is -0.493 e. The predicted octanol–water partition coefficient (Wildman–Crippen LogP) is 2.05. The van der Waals surface area contributed by atoms with Crippen molar-refractivity contribution in [2.45, 2.75) is 12.2 Å². The monoisotopic (exact) mass is 251 g/mol. The number of benzene rings is 1. The molecule has 1 aliphatic rings. The van der Waals surface area contributed by atoms with Crippen LogP contribution < -0.4 is 10.1 Å². The number of rotatable bonds is 4. The Morgan fingerprint density at radius 3 is 2.65 bits per heavy atom. The summed E-state index contributed by atoms with van der Waals surface area (Å²) in [4.78, 5) is 22.5. The van der Waals surface area contributed by atoms with Gasteiger partial charge in [-0.15, -0.1) is 0 Å². The molecule has 0 bridgehead atoms. The number of imide groups is 1. The summed E-state index contributed by atoms with van der Waals surface area (Å²) < 4.78 is 5.56. The van der Waals surface area contributed by atoms with Crippen LogP contribution >= 0.6 is 11.8 Å². The molecule has 1 heterocycles. The van der Waals surface area contributed by atoms with E-state index in [4.69, 9.17) is 4.74 Å². The van der Waals surface area contributed by atoms with Crippen molar-refractivity contribution >= 4 is 22.9 Å². The number of nitrogens with one attached hydrogen (secondary N) is 1. The minimum absolute atomic E-state index is 0.00773. The lowest BCUT2D eigenvalue weighted by Crippen LogP contribution is -2.31. The van der Waals surface area contributed by atoms with Crippen LogP contribution in [0.15, 0.2) is 30.3 Å². The summed E-state index contributed by atoms with van der Waals surface area (Å²) in [6, 6.07) is 9.41. The summed E-state index contributed by atoms with van der Waals surface area (Å²) in [5.74, 6) is 0.546. The molecule has 90 valence electrons. The second-order valence-corrected chi connectivity index (χ2v) is 5.03. The summed E-state index contributed by atoms with van der Waals surface area (Å²) in [5.41, 5.74) is 0. The largest absolute Gasteiger partial charge is 0.493 e. The molecule has 1 saturated heterocycles. The van der Waals surface area contributed by atoms with Gasteiger partial charge >= 0.3 is 0 Å². The van der Waals surface area contributed by atoms with Crippen molar-refractivity contribution in [2.24, 2.45) is 5.92 Å². The highest BCUT2D eigenvalue weighted by Crippen LogP contribution is 2.26. The van der Waals surface area contributed by atoms with Gasteiger partial charge in [0.1, 0.15) is 5.75 Å². The highest BCUT2D eigenvalue weighted by Gasteiger charge is 2.35. The Hall–Kier alpha value is -1.49. The average molecular weight is 251 g/mol. The van der Waals surface area contributed by atoms with E-state index in [0.717, 1.165) is 17.5 Å². The Kier molecular flexibility index (Phi) is 3.68. The zero-order chi connectivity index (χ0) is 12.3. The van der Waals surface area contributed by atoms with Crippen molar-refractivity contribution in [3.05, 3.63) is 30.3 Å². The molecule has 0 unspecified atom stereocenters. The summed E-state index contributed by atoms with van der Waals surface area (Å²) in [5, 5.41) is 1.66. The smallest absolute Gasteiger partial charge is 0.286 e. The molecule has 1 N–H and O–H groups in total. The average Bonchev–Trinajstić information content (AvgIpc) is 2.67. The number of ether oxygens (including phenoxy) is 1. The first-order valence-corrected chi connectivity index (χ1v) is 6.24. The topological polar surface area (TPSA) is 55.4 Å². The van der Waals surface area contributed by atoms with Crippen LogP contribution in [0.25, 0.3) is 0 Å². The second kappa shape index (κ2) is 5.23. The lowest BCUT2D eigenvalue weighted by molar-refractivity contribution is -0.119. The fourth-order valence-corrected chi connectivity index (χ4v) is 2.44. The molecule has 2 rings (SSSR count). The third-order valence-corrected chi connectivity index (χ3v) is 3.74. The summed E-state index contributed by atoms with van der Waals surface area (Å²) in [6.45, 7) is 2.32. The maximum Gasteiger partial charge on any atom is 0.286 e. The molecule has 4 nitrogen and oxygen atoms in total.